The zero-order valence-electron chi connectivity index (χ0n) is 17.2. The van der Waals surface area contributed by atoms with E-state index in [-0.39, 0.29) is 30.1 Å². The van der Waals surface area contributed by atoms with Crippen LogP contribution in [-0.2, 0) is 10.2 Å². The van der Waals surface area contributed by atoms with Crippen LogP contribution in [-0.4, -0.2) is 83.3 Å². The molecule has 6 rings (SSSR count). The summed E-state index contributed by atoms with van der Waals surface area (Å²) < 4.78 is 35.8. The van der Waals surface area contributed by atoms with Gasteiger partial charge in [0, 0.05) is 55.3 Å². The number of carbonyl (C=O) groups excluding carboxylic acids is 1. The standard InChI is InChI=1S/C20H29N5O4S/c1-23-10-17-8-16(23)11-24(17)30(27,28)25-14-4-5-15(25)7-13(6-14)21-20(26)18-9-19(29-22-18)12-2-3-12/h9,12-17H,2-8,10-11H2,1H3,(H,21,26)/t13?,14-,15+,16?,17?. The van der Waals surface area contributed by atoms with Crippen molar-refractivity contribution < 1.29 is 17.7 Å². The van der Waals surface area contributed by atoms with E-state index >= 15 is 0 Å². The molecule has 10 heteroatoms. The third kappa shape index (κ3) is 3.03. The number of nitrogens with one attached hydrogen (secondary N) is 1. The van der Waals surface area contributed by atoms with Crippen LogP contribution >= 0.6 is 0 Å². The van der Waals surface area contributed by atoms with Crippen LogP contribution in [0, 0.1) is 0 Å². The van der Waals surface area contributed by atoms with Gasteiger partial charge in [0.15, 0.2) is 5.69 Å². The molecule has 1 aliphatic carbocycles. The minimum Gasteiger partial charge on any atom is -0.360 e. The summed E-state index contributed by atoms with van der Waals surface area (Å²) in [4.78, 5) is 14.9. The second-order valence-corrected chi connectivity index (χ2v) is 11.6. The third-order valence-corrected chi connectivity index (χ3v) is 9.94. The van der Waals surface area contributed by atoms with Crippen molar-refractivity contribution in [1.82, 2.24) is 24.0 Å². The van der Waals surface area contributed by atoms with E-state index in [4.69, 9.17) is 4.52 Å². The van der Waals surface area contributed by atoms with Gasteiger partial charge in [-0.3, -0.25) is 4.79 Å². The molecule has 5 aliphatic rings. The third-order valence-electron chi connectivity index (χ3n) is 7.77. The Bertz CT molecular complexity index is 944. The first-order valence-electron chi connectivity index (χ1n) is 11.2. The SMILES string of the molecule is CN1CC2CC1CN2S(=O)(=O)N1[C@@H]2CC[C@H]1CC(NC(=O)c1cc(C3CC3)on1)C2. The molecule has 5 fully saturated rings. The molecule has 4 bridgehead atoms. The molecule has 5 atom stereocenters. The number of amides is 1. The van der Waals surface area contributed by atoms with Gasteiger partial charge in [0.25, 0.3) is 16.1 Å². The van der Waals surface area contributed by atoms with Gasteiger partial charge in [-0.05, 0) is 52.0 Å². The molecular weight excluding hydrogens is 406 g/mol. The maximum atomic E-state index is 13.5. The highest BCUT2D eigenvalue weighted by molar-refractivity contribution is 7.86. The zero-order chi connectivity index (χ0) is 20.6. The molecule has 30 heavy (non-hydrogen) atoms. The first kappa shape index (κ1) is 19.2. The first-order chi connectivity index (χ1) is 14.4. The summed E-state index contributed by atoms with van der Waals surface area (Å²) in [5.74, 6) is 1.00. The fourth-order valence-corrected chi connectivity index (χ4v) is 8.35. The molecule has 0 radical (unpaired) electrons. The number of piperidine rings is 1. The topological polar surface area (TPSA) is 99.0 Å². The number of carbonyl (C=O) groups is 1. The molecule has 0 aromatic carbocycles. The van der Waals surface area contributed by atoms with E-state index in [2.05, 4.69) is 22.4 Å². The molecule has 9 nitrogen and oxygen atoms in total. The van der Waals surface area contributed by atoms with Crippen molar-refractivity contribution in [3.8, 4) is 0 Å². The monoisotopic (exact) mass is 435 g/mol. The Kier molecular flexibility index (Phi) is 4.32. The number of likely N-dealkylation sites (tertiary alicyclic amines) is 1. The molecule has 164 valence electrons. The van der Waals surface area contributed by atoms with Gasteiger partial charge in [0.2, 0.25) is 0 Å². The number of aromatic nitrogens is 1. The normalized spacial score (nSPS) is 37.2. The smallest absolute Gasteiger partial charge is 0.282 e. The average molecular weight is 436 g/mol. The van der Waals surface area contributed by atoms with Crippen LogP contribution in [0.5, 0.6) is 0 Å². The maximum absolute atomic E-state index is 13.5. The number of likely N-dealkylation sites (N-methyl/N-ethyl adjacent to an activating group) is 1. The van der Waals surface area contributed by atoms with Gasteiger partial charge >= 0.3 is 0 Å². The van der Waals surface area contributed by atoms with Gasteiger partial charge < -0.3 is 14.7 Å². The van der Waals surface area contributed by atoms with Crippen LogP contribution in [0.25, 0.3) is 0 Å². The lowest BCUT2D eigenvalue weighted by Gasteiger charge is -2.42. The van der Waals surface area contributed by atoms with Crippen molar-refractivity contribution in [1.29, 1.82) is 0 Å². The largest absolute Gasteiger partial charge is 0.360 e. The van der Waals surface area contributed by atoms with Crippen molar-refractivity contribution in [3.63, 3.8) is 0 Å². The predicted molar refractivity (Wildman–Crippen MR) is 108 cm³/mol. The molecule has 4 aliphatic heterocycles. The van der Waals surface area contributed by atoms with E-state index in [1.54, 1.807) is 14.7 Å². The number of hydrogen-bond donors (Lipinski definition) is 1. The molecule has 1 saturated carbocycles. The summed E-state index contributed by atoms with van der Waals surface area (Å²) in [5, 5.41) is 7.01. The molecule has 0 spiro atoms. The zero-order valence-corrected chi connectivity index (χ0v) is 18.1. The lowest BCUT2D eigenvalue weighted by atomic mass is 9.99. The number of rotatable bonds is 5. The van der Waals surface area contributed by atoms with Crippen molar-refractivity contribution in [2.45, 2.75) is 81.1 Å². The van der Waals surface area contributed by atoms with Crippen LogP contribution in [0.15, 0.2) is 10.6 Å². The van der Waals surface area contributed by atoms with E-state index in [9.17, 15) is 13.2 Å². The Hall–Kier alpha value is -1.49. The predicted octanol–water partition coefficient (Wildman–Crippen LogP) is 0.910. The van der Waals surface area contributed by atoms with E-state index < -0.39 is 10.2 Å². The van der Waals surface area contributed by atoms with E-state index in [0.717, 1.165) is 44.4 Å². The van der Waals surface area contributed by atoms with Crippen molar-refractivity contribution in [2.75, 3.05) is 20.1 Å². The summed E-state index contributed by atoms with van der Waals surface area (Å²) in [6, 6.07) is 2.12. The highest BCUT2D eigenvalue weighted by Gasteiger charge is 2.54. The lowest BCUT2D eigenvalue weighted by Crippen LogP contribution is -2.58. The number of fused-ring (bicyclic) bond motifs is 4. The molecule has 1 aromatic heterocycles. The Balaban J connectivity index is 1.13. The molecule has 5 heterocycles. The minimum atomic E-state index is -3.46. The Morgan fingerprint density at radius 2 is 1.80 bits per heavy atom. The Morgan fingerprint density at radius 3 is 2.40 bits per heavy atom. The molecule has 1 aromatic rings. The summed E-state index contributed by atoms with van der Waals surface area (Å²) in [6.07, 6.45) is 6.20. The van der Waals surface area contributed by atoms with Crippen molar-refractivity contribution in [2.24, 2.45) is 0 Å². The average Bonchev–Trinajstić information content (AvgIpc) is 3.04. The molecule has 3 unspecified atom stereocenters. The van der Waals surface area contributed by atoms with Gasteiger partial charge in [0.05, 0.1) is 0 Å². The van der Waals surface area contributed by atoms with Crippen LogP contribution in [0.4, 0.5) is 0 Å². The Morgan fingerprint density at radius 1 is 1.07 bits per heavy atom. The van der Waals surface area contributed by atoms with Crippen LogP contribution in [0.2, 0.25) is 0 Å². The second-order valence-electron chi connectivity index (χ2n) is 9.81. The van der Waals surface area contributed by atoms with Crippen molar-refractivity contribution >= 4 is 16.1 Å². The summed E-state index contributed by atoms with van der Waals surface area (Å²) >= 11 is 0. The molecule has 1 N–H and O–H groups in total. The quantitative estimate of drug-likeness (QED) is 0.738. The van der Waals surface area contributed by atoms with Crippen molar-refractivity contribution in [3.05, 3.63) is 17.5 Å². The van der Waals surface area contributed by atoms with E-state index in [0.29, 0.717) is 37.0 Å². The molecular formula is C20H29N5O4S. The van der Waals surface area contributed by atoms with Crippen LogP contribution in [0.1, 0.15) is 67.1 Å². The number of nitrogens with zero attached hydrogens (tertiary/aromatic N) is 4. The van der Waals surface area contributed by atoms with Gasteiger partial charge in [0.1, 0.15) is 5.76 Å². The fraction of sp³-hybridized carbons (Fsp3) is 0.800. The Labute approximate surface area is 176 Å². The van der Waals surface area contributed by atoms with Gasteiger partial charge in [-0.1, -0.05) is 5.16 Å². The summed E-state index contributed by atoms with van der Waals surface area (Å²) in [6.45, 7) is 1.43. The second kappa shape index (κ2) is 6.75. The minimum absolute atomic E-state index is 0.0244. The number of piperazine rings is 1. The highest BCUT2D eigenvalue weighted by Crippen LogP contribution is 2.42. The first-order valence-corrected chi connectivity index (χ1v) is 12.6. The summed E-state index contributed by atoms with van der Waals surface area (Å²) in [7, 11) is -1.38. The van der Waals surface area contributed by atoms with Crippen LogP contribution < -0.4 is 5.32 Å². The molecule has 4 saturated heterocycles. The number of hydrogen-bond acceptors (Lipinski definition) is 6. The van der Waals surface area contributed by atoms with Gasteiger partial charge in [-0.2, -0.15) is 17.0 Å². The van der Waals surface area contributed by atoms with Gasteiger partial charge in [-0.15, -0.1) is 0 Å². The summed E-state index contributed by atoms with van der Waals surface area (Å²) in [5.41, 5.74) is 0.330. The lowest BCUT2D eigenvalue weighted by molar-refractivity contribution is 0.0896. The van der Waals surface area contributed by atoms with Gasteiger partial charge in [-0.25, -0.2) is 0 Å². The molecule has 1 amide bonds. The highest BCUT2D eigenvalue weighted by atomic mass is 32.2. The maximum Gasteiger partial charge on any atom is 0.282 e. The van der Waals surface area contributed by atoms with E-state index in [1.807, 2.05) is 0 Å². The van der Waals surface area contributed by atoms with Crippen LogP contribution in [0.3, 0.4) is 0 Å². The van der Waals surface area contributed by atoms with E-state index in [1.165, 1.54) is 0 Å². The fourth-order valence-electron chi connectivity index (χ4n) is 6.08.